The lowest BCUT2D eigenvalue weighted by atomic mass is 10.1. The number of nitrogens with two attached hydrogens (primary N) is 1. The molecule has 0 amide bonds. The van der Waals surface area contributed by atoms with Crippen LogP contribution in [0.15, 0.2) is 24.4 Å². The van der Waals surface area contributed by atoms with E-state index in [4.69, 9.17) is 5.73 Å². The first kappa shape index (κ1) is 11.0. The van der Waals surface area contributed by atoms with Crippen LogP contribution < -0.4 is 5.73 Å². The summed E-state index contributed by atoms with van der Waals surface area (Å²) >= 11 is 0. The molecule has 0 fully saturated rings. The minimum atomic E-state index is -0.668. The van der Waals surface area contributed by atoms with E-state index in [1.807, 2.05) is 29.1 Å². The Labute approximate surface area is 94.7 Å². The van der Waals surface area contributed by atoms with E-state index in [1.54, 1.807) is 13.8 Å². The molecule has 0 spiro atoms. The van der Waals surface area contributed by atoms with Gasteiger partial charge in [0.25, 0.3) is 0 Å². The zero-order chi connectivity index (χ0) is 11.8. The SMILES string of the molecule is CC(C)(O)CCn1ncc2ccc(N)cc21. The summed E-state index contributed by atoms with van der Waals surface area (Å²) in [5.74, 6) is 0. The van der Waals surface area contributed by atoms with Gasteiger partial charge in [0, 0.05) is 17.6 Å². The molecule has 0 bridgehead atoms. The van der Waals surface area contributed by atoms with Gasteiger partial charge in [-0.3, -0.25) is 4.68 Å². The highest BCUT2D eigenvalue weighted by Gasteiger charge is 2.13. The summed E-state index contributed by atoms with van der Waals surface area (Å²) in [6.45, 7) is 4.29. The largest absolute Gasteiger partial charge is 0.399 e. The molecule has 1 aromatic heterocycles. The molecule has 86 valence electrons. The monoisotopic (exact) mass is 219 g/mol. The van der Waals surface area contributed by atoms with Crippen LogP contribution in [0.4, 0.5) is 5.69 Å². The van der Waals surface area contributed by atoms with Crippen LogP contribution in [0.25, 0.3) is 10.9 Å². The van der Waals surface area contributed by atoms with Gasteiger partial charge in [-0.15, -0.1) is 0 Å². The van der Waals surface area contributed by atoms with Crippen molar-refractivity contribution in [1.82, 2.24) is 9.78 Å². The van der Waals surface area contributed by atoms with Gasteiger partial charge >= 0.3 is 0 Å². The molecule has 1 aromatic carbocycles. The summed E-state index contributed by atoms with van der Waals surface area (Å²) in [7, 11) is 0. The van der Waals surface area contributed by atoms with Gasteiger partial charge in [0.2, 0.25) is 0 Å². The number of aryl methyl sites for hydroxylation is 1. The van der Waals surface area contributed by atoms with Crippen LogP contribution in [0, 0.1) is 0 Å². The Morgan fingerprint density at radius 3 is 2.88 bits per heavy atom. The highest BCUT2D eigenvalue weighted by molar-refractivity contribution is 5.81. The van der Waals surface area contributed by atoms with Crippen molar-refractivity contribution in [2.24, 2.45) is 0 Å². The van der Waals surface area contributed by atoms with Gasteiger partial charge in [0.15, 0.2) is 0 Å². The molecule has 0 saturated heterocycles. The van der Waals surface area contributed by atoms with Crippen LogP contribution in [0.2, 0.25) is 0 Å². The van der Waals surface area contributed by atoms with E-state index in [0.29, 0.717) is 13.0 Å². The van der Waals surface area contributed by atoms with Gasteiger partial charge in [0.05, 0.1) is 17.3 Å². The molecule has 0 aliphatic carbocycles. The summed E-state index contributed by atoms with van der Waals surface area (Å²) in [6, 6.07) is 5.73. The van der Waals surface area contributed by atoms with Gasteiger partial charge in [-0.2, -0.15) is 5.10 Å². The zero-order valence-corrected chi connectivity index (χ0v) is 9.64. The molecule has 0 radical (unpaired) electrons. The maximum absolute atomic E-state index is 9.68. The number of fused-ring (bicyclic) bond motifs is 1. The smallest absolute Gasteiger partial charge is 0.0702 e. The lowest BCUT2D eigenvalue weighted by Gasteiger charge is -2.16. The molecule has 2 rings (SSSR count). The summed E-state index contributed by atoms with van der Waals surface area (Å²) in [5, 5.41) is 15.0. The van der Waals surface area contributed by atoms with E-state index >= 15 is 0 Å². The second-order valence-electron chi connectivity index (χ2n) is 4.75. The number of hydrogen-bond donors (Lipinski definition) is 2. The molecule has 2 aromatic rings. The Morgan fingerprint density at radius 2 is 2.19 bits per heavy atom. The van der Waals surface area contributed by atoms with Crippen molar-refractivity contribution in [2.45, 2.75) is 32.4 Å². The highest BCUT2D eigenvalue weighted by Crippen LogP contribution is 2.18. The topological polar surface area (TPSA) is 64.1 Å². The Balaban J connectivity index is 2.28. The normalized spacial score (nSPS) is 12.2. The van der Waals surface area contributed by atoms with E-state index in [-0.39, 0.29) is 0 Å². The van der Waals surface area contributed by atoms with Crippen molar-refractivity contribution >= 4 is 16.6 Å². The fourth-order valence-corrected chi connectivity index (χ4v) is 1.65. The van der Waals surface area contributed by atoms with Gasteiger partial charge in [-0.25, -0.2) is 0 Å². The molecule has 0 saturated carbocycles. The minimum absolute atomic E-state index is 0.665. The third-order valence-corrected chi connectivity index (χ3v) is 2.60. The van der Waals surface area contributed by atoms with Crippen LogP contribution in [0.3, 0.4) is 0 Å². The molecule has 0 aliphatic heterocycles. The third kappa shape index (κ3) is 2.33. The van der Waals surface area contributed by atoms with Crippen LogP contribution in [-0.2, 0) is 6.54 Å². The first-order valence-electron chi connectivity index (χ1n) is 5.39. The molecule has 4 nitrogen and oxygen atoms in total. The average molecular weight is 219 g/mol. The summed E-state index contributed by atoms with van der Waals surface area (Å²) in [4.78, 5) is 0. The number of aromatic nitrogens is 2. The van der Waals surface area contributed by atoms with E-state index in [2.05, 4.69) is 5.10 Å². The summed E-state index contributed by atoms with van der Waals surface area (Å²) in [6.07, 6.45) is 2.48. The predicted octanol–water partition coefficient (Wildman–Crippen LogP) is 1.78. The standard InChI is InChI=1S/C12H17N3O/c1-12(2,16)5-6-15-11-7-10(13)4-3-9(11)8-14-15/h3-4,7-8,16H,5-6,13H2,1-2H3. The maximum atomic E-state index is 9.68. The quantitative estimate of drug-likeness (QED) is 0.773. The van der Waals surface area contributed by atoms with Gasteiger partial charge < -0.3 is 10.8 Å². The summed E-state index contributed by atoms with van der Waals surface area (Å²) < 4.78 is 1.88. The molecule has 16 heavy (non-hydrogen) atoms. The average Bonchev–Trinajstić information content (AvgIpc) is 2.56. The number of rotatable bonds is 3. The van der Waals surface area contributed by atoms with E-state index in [9.17, 15) is 5.11 Å². The van der Waals surface area contributed by atoms with Crippen LogP contribution in [-0.4, -0.2) is 20.5 Å². The Hall–Kier alpha value is -1.55. The molecule has 0 atom stereocenters. The number of benzene rings is 1. The number of nitrogen functional groups attached to an aromatic ring is 1. The van der Waals surface area contributed by atoms with E-state index in [1.165, 1.54) is 0 Å². The lowest BCUT2D eigenvalue weighted by molar-refractivity contribution is 0.0655. The van der Waals surface area contributed by atoms with Crippen LogP contribution in [0.5, 0.6) is 0 Å². The Morgan fingerprint density at radius 1 is 1.44 bits per heavy atom. The number of aliphatic hydroxyl groups is 1. The van der Waals surface area contributed by atoms with Gasteiger partial charge in [-0.05, 0) is 38.5 Å². The predicted molar refractivity (Wildman–Crippen MR) is 65.1 cm³/mol. The van der Waals surface area contributed by atoms with Crippen molar-refractivity contribution < 1.29 is 5.11 Å². The molecule has 1 heterocycles. The second-order valence-corrected chi connectivity index (χ2v) is 4.75. The van der Waals surface area contributed by atoms with Gasteiger partial charge in [-0.1, -0.05) is 0 Å². The lowest BCUT2D eigenvalue weighted by Crippen LogP contribution is -2.21. The first-order valence-corrected chi connectivity index (χ1v) is 5.39. The fourth-order valence-electron chi connectivity index (χ4n) is 1.65. The van der Waals surface area contributed by atoms with Crippen molar-refractivity contribution in [3.8, 4) is 0 Å². The molecule has 0 aliphatic rings. The first-order chi connectivity index (χ1) is 7.46. The zero-order valence-electron chi connectivity index (χ0n) is 9.64. The fraction of sp³-hybridized carbons (Fsp3) is 0.417. The number of hydrogen-bond acceptors (Lipinski definition) is 3. The molecule has 0 unspecified atom stereocenters. The third-order valence-electron chi connectivity index (χ3n) is 2.60. The van der Waals surface area contributed by atoms with Crippen molar-refractivity contribution in [2.75, 3.05) is 5.73 Å². The van der Waals surface area contributed by atoms with E-state index < -0.39 is 5.60 Å². The second kappa shape index (κ2) is 3.79. The minimum Gasteiger partial charge on any atom is -0.399 e. The van der Waals surface area contributed by atoms with Crippen molar-refractivity contribution in [3.63, 3.8) is 0 Å². The molecule has 3 N–H and O–H groups in total. The van der Waals surface area contributed by atoms with Gasteiger partial charge in [0.1, 0.15) is 0 Å². The molecular weight excluding hydrogens is 202 g/mol. The number of nitrogens with zero attached hydrogens (tertiary/aromatic N) is 2. The van der Waals surface area contributed by atoms with E-state index in [0.717, 1.165) is 16.6 Å². The number of anilines is 1. The summed E-state index contributed by atoms with van der Waals surface area (Å²) in [5.41, 5.74) is 6.83. The molecular formula is C12H17N3O. The maximum Gasteiger partial charge on any atom is 0.0702 e. The van der Waals surface area contributed by atoms with Crippen molar-refractivity contribution in [3.05, 3.63) is 24.4 Å². The Bertz CT molecular complexity index is 496. The van der Waals surface area contributed by atoms with Crippen LogP contribution in [0.1, 0.15) is 20.3 Å². The van der Waals surface area contributed by atoms with Crippen LogP contribution >= 0.6 is 0 Å². The molecule has 4 heteroatoms. The van der Waals surface area contributed by atoms with Crippen molar-refractivity contribution in [1.29, 1.82) is 0 Å². The Kier molecular flexibility index (Phi) is 2.59. The highest BCUT2D eigenvalue weighted by atomic mass is 16.3.